The highest BCUT2D eigenvalue weighted by Crippen LogP contribution is 2.35. The van der Waals surface area contributed by atoms with Gasteiger partial charge in [-0.2, -0.15) is 0 Å². The number of aryl methyl sites for hydroxylation is 1. The summed E-state index contributed by atoms with van der Waals surface area (Å²) in [6.45, 7) is 0. The minimum absolute atomic E-state index is 0.0121. The molecule has 1 aliphatic carbocycles. The number of urea groups is 1. The van der Waals surface area contributed by atoms with Crippen LogP contribution in [0.25, 0.3) is 0 Å². The van der Waals surface area contributed by atoms with Gasteiger partial charge in [0.05, 0.1) is 21.7 Å². The number of non-ortho nitro benzene ring substituents is 1. The van der Waals surface area contributed by atoms with Crippen molar-refractivity contribution >= 4 is 29.0 Å². The van der Waals surface area contributed by atoms with Crippen LogP contribution in [0, 0.1) is 10.1 Å². The second-order valence-electron chi connectivity index (χ2n) is 5.72. The summed E-state index contributed by atoms with van der Waals surface area (Å²) >= 11 is 6.03. The molecule has 0 saturated carbocycles. The zero-order valence-electron chi connectivity index (χ0n) is 13.0. The second-order valence-corrected chi connectivity index (χ2v) is 6.12. The van der Waals surface area contributed by atoms with Gasteiger partial charge in [0, 0.05) is 19.2 Å². The maximum Gasteiger partial charge on any atom is 0.322 e. The quantitative estimate of drug-likeness (QED) is 0.661. The number of carbonyl (C=O) groups excluding carboxylic acids is 1. The van der Waals surface area contributed by atoms with Crippen molar-refractivity contribution < 1.29 is 9.72 Å². The number of benzene rings is 2. The SMILES string of the molecule is CN(C(=O)Nc1ccc([N+](=O)[O-])cc1Cl)[C@@H]1CCc2ccccc21. The molecule has 1 N–H and O–H groups in total. The smallest absolute Gasteiger partial charge is 0.321 e. The molecule has 0 unspecified atom stereocenters. The number of amides is 2. The van der Waals surface area contributed by atoms with Gasteiger partial charge in [-0.3, -0.25) is 10.1 Å². The second kappa shape index (κ2) is 6.49. The maximum absolute atomic E-state index is 12.5. The topological polar surface area (TPSA) is 75.5 Å². The molecule has 0 bridgehead atoms. The molecule has 0 spiro atoms. The van der Waals surface area contributed by atoms with Crippen molar-refractivity contribution in [3.05, 3.63) is 68.7 Å². The lowest BCUT2D eigenvalue weighted by molar-refractivity contribution is -0.384. The summed E-state index contributed by atoms with van der Waals surface area (Å²) in [4.78, 5) is 24.4. The summed E-state index contributed by atoms with van der Waals surface area (Å²) in [6, 6.07) is 11.8. The molecule has 6 nitrogen and oxygen atoms in total. The molecule has 24 heavy (non-hydrogen) atoms. The molecule has 2 amide bonds. The summed E-state index contributed by atoms with van der Waals surface area (Å²) in [6.07, 6.45) is 1.81. The van der Waals surface area contributed by atoms with Gasteiger partial charge in [-0.05, 0) is 30.0 Å². The Morgan fingerprint density at radius 3 is 2.79 bits per heavy atom. The van der Waals surface area contributed by atoms with Crippen molar-refractivity contribution in [1.29, 1.82) is 0 Å². The molecular weight excluding hydrogens is 330 g/mol. The van der Waals surface area contributed by atoms with Crippen molar-refractivity contribution in [2.45, 2.75) is 18.9 Å². The van der Waals surface area contributed by atoms with Gasteiger partial charge in [-0.15, -0.1) is 0 Å². The number of hydrogen-bond donors (Lipinski definition) is 1. The van der Waals surface area contributed by atoms with E-state index in [-0.39, 0.29) is 22.8 Å². The van der Waals surface area contributed by atoms with Crippen LogP contribution in [0.15, 0.2) is 42.5 Å². The van der Waals surface area contributed by atoms with E-state index in [1.807, 2.05) is 18.2 Å². The molecule has 0 aliphatic heterocycles. The number of carbonyl (C=O) groups is 1. The summed E-state index contributed by atoms with van der Waals surface area (Å²) in [5.74, 6) is 0. The fourth-order valence-corrected chi connectivity index (χ4v) is 3.22. The number of halogens is 1. The largest absolute Gasteiger partial charge is 0.322 e. The lowest BCUT2D eigenvalue weighted by Crippen LogP contribution is -2.34. The average Bonchev–Trinajstić information content (AvgIpc) is 2.99. The van der Waals surface area contributed by atoms with E-state index in [4.69, 9.17) is 11.6 Å². The van der Waals surface area contributed by atoms with Crippen molar-refractivity contribution in [1.82, 2.24) is 4.90 Å². The summed E-state index contributed by atoms with van der Waals surface area (Å²) in [5.41, 5.74) is 2.65. The van der Waals surface area contributed by atoms with Gasteiger partial charge in [0.2, 0.25) is 0 Å². The van der Waals surface area contributed by atoms with Crippen LogP contribution in [-0.2, 0) is 6.42 Å². The molecule has 7 heteroatoms. The van der Waals surface area contributed by atoms with Crippen molar-refractivity contribution in [2.75, 3.05) is 12.4 Å². The Balaban J connectivity index is 1.75. The Morgan fingerprint density at radius 2 is 2.08 bits per heavy atom. The predicted molar refractivity (Wildman–Crippen MR) is 92.4 cm³/mol. The first-order chi connectivity index (χ1) is 11.5. The Bertz CT molecular complexity index is 809. The summed E-state index contributed by atoms with van der Waals surface area (Å²) in [7, 11) is 1.74. The number of nitrogens with one attached hydrogen (secondary N) is 1. The number of anilines is 1. The normalized spacial score (nSPS) is 15.7. The summed E-state index contributed by atoms with van der Waals surface area (Å²) in [5, 5.41) is 13.6. The zero-order chi connectivity index (χ0) is 17.3. The van der Waals surface area contributed by atoms with Gasteiger partial charge in [-0.25, -0.2) is 4.79 Å². The van der Waals surface area contributed by atoms with Crippen LogP contribution in [-0.4, -0.2) is 22.9 Å². The number of fused-ring (bicyclic) bond motifs is 1. The van der Waals surface area contributed by atoms with Crippen LogP contribution >= 0.6 is 11.6 Å². The van der Waals surface area contributed by atoms with Gasteiger partial charge in [-0.1, -0.05) is 35.9 Å². The first-order valence-electron chi connectivity index (χ1n) is 7.53. The fraction of sp³-hybridized carbons (Fsp3) is 0.235. The number of nitro groups is 1. The third-order valence-electron chi connectivity index (χ3n) is 4.29. The lowest BCUT2D eigenvalue weighted by atomic mass is 10.1. The third kappa shape index (κ3) is 3.05. The first kappa shape index (κ1) is 16.3. The van der Waals surface area contributed by atoms with Crippen LogP contribution in [0.4, 0.5) is 16.2 Å². The van der Waals surface area contributed by atoms with Crippen LogP contribution < -0.4 is 5.32 Å². The van der Waals surface area contributed by atoms with Crippen molar-refractivity contribution in [3.8, 4) is 0 Å². The number of nitrogens with zero attached hydrogens (tertiary/aromatic N) is 2. The zero-order valence-corrected chi connectivity index (χ0v) is 13.8. The average molecular weight is 346 g/mol. The van der Waals surface area contributed by atoms with E-state index in [9.17, 15) is 14.9 Å². The molecule has 0 fully saturated rings. The number of rotatable bonds is 3. The Kier molecular flexibility index (Phi) is 4.40. The molecule has 3 rings (SSSR count). The maximum atomic E-state index is 12.5. The van der Waals surface area contributed by atoms with Crippen LogP contribution in [0.3, 0.4) is 0 Å². The van der Waals surface area contributed by atoms with E-state index >= 15 is 0 Å². The summed E-state index contributed by atoms with van der Waals surface area (Å²) < 4.78 is 0. The van der Waals surface area contributed by atoms with Gasteiger partial charge < -0.3 is 10.2 Å². The molecule has 0 saturated heterocycles. The molecule has 1 atom stereocenters. The highest BCUT2D eigenvalue weighted by molar-refractivity contribution is 6.33. The highest BCUT2D eigenvalue weighted by Gasteiger charge is 2.28. The first-order valence-corrected chi connectivity index (χ1v) is 7.90. The molecule has 2 aromatic carbocycles. The van der Waals surface area contributed by atoms with E-state index in [1.54, 1.807) is 11.9 Å². The van der Waals surface area contributed by atoms with Gasteiger partial charge in [0.25, 0.3) is 5.69 Å². The molecule has 2 aromatic rings. The van der Waals surface area contributed by atoms with Gasteiger partial charge >= 0.3 is 6.03 Å². The number of hydrogen-bond acceptors (Lipinski definition) is 3. The lowest BCUT2D eigenvalue weighted by Gasteiger charge is -2.26. The Labute approximate surface area is 144 Å². The van der Waals surface area contributed by atoms with E-state index in [0.29, 0.717) is 5.69 Å². The van der Waals surface area contributed by atoms with Crippen molar-refractivity contribution in [2.24, 2.45) is 0 Å². The molecule has 0 heterocycles. The van der Waals surface area contributed by atoms with Crippen molar-refractivity contribution in [3.63, 3.8) is 0 Å². The Morgan fingerprint density at radius 1 is 1.33 bits per heavy atom. The molecular formula is C17H16ClN3O3. The number of nitro benzene ring substituents is 1. The minimum Gasteiger partial charge on any atom is -0.321 e. The minimum atomic E-state index is -0.529. The third-order valence-corrected chi connectivity index (χ3v) is 4.61. The van der Waals surface area contributed by atoms with E-state index in [0.717, 1.165) is 18.4 Å². The molecule has 1 aliphatic rings. The highest BCUT2D eigenvalue weighted by atomic mass is 35.5. The predicted octanol–water partition coefficient (Wildman–Crippen LogP) is 4.40. The van der Waals surface area contributed by atoms with E-state index in [1.165, 1.54) is 23.8 Å². The fourth-order valence-electron chi connectivity index (χ4n) is 3.00. The van der Waals surface area contributed by atoms with Crippen LogP contribution in [0.5, 0.6) is 0 Å². The van der Waals surface area contributed by atoms with Crippen LogP contribution in [0.1, 0.15) is 23.6 Å². The monoisotopic (exact) mass is 345 g/mol. The van der Waals surface area contributed by atoms with Crippen LogP contribution in [0.2, 0.25) is 5.02 Å². The van der Waals surface area contributed by atoms with Gasteiger partial charge in [0.15, 0.2) is 0 Å². The molecule has 124 valence electrons. The molecule has 0 radical (unpaired) electrons. The van der Waals surface area contributed by atoms with Gasteiger partial charge in [0.1, 0.15) is 0 Å². The Hall–Kier alpha value is -2.60. The van der Waals surface area contributed by atoms with E-state index in [2.05, 4.69) is 11.4 Å². The van der Waals surface area contributed by atoms with E-state index < -0.39 is 4.92 Å². The standard InChI is InChI=1S/C17H16ClN3O3/c1-20(16-9-6-11-4-2-3-5-13(11)16)17(22)19-15-8-7-12(21(23)24)10-14(15)18/h2-5,7-8,10,16H,6,9H2,1H3,(H,19,22)/t16-/m1/s1. The molecule has 0 aromatic heterocycles.